The molecule has 1 amide bonds. The number of hydrogen-bond acceptors (Lipinski definition) is 7. The van der Waals surface area contributed by atoms with E-state index >= 15 is 0 Å². The van der Waals surface area contributed by atoms with Gasteiger partial charge in [0, 0.05) is 32.0 Å². The summed E-state index contributed by atoms with van der Waals surface area (Å²) in [6.45, 7) is 0.937. The van der Waals surface area contributed by atoms with E-state index in [0.29, 0.717) is 25.3 Å². The van der Waals surface area contributed by atoms with Crippen LogP contribution in [-0.2, 0) is 34.3 Å². The van der Waals surface area contributed by atoms with Gasteiger partial charge >= 0.3 is 0 Å². The van der Waals surface area contributed by atoms with Crippen LogP contribution in [0.1, 0.15) is 25.7 Å². The van der Waals surface area contributed by atoms with Crippen LogP contribution in [0.3, 0.4) is 0 Å². The molecule has 0 bridgehead atoms. The summed E-state index contributed by atoms with van der Waals surface area (Å²) < 4.78 is 66.9. The Kier molecular flexibility index (Phi) is 8.75. The minimum absolute atomic E-state index is 0.0214. The van der Waals surface area contributed by atoms with E-state index in [1.807, 2.05) is 6.07 Å². The number of carbonyl (C=O) groups is 1. The number of ether oxygens (including phenoxy) is 2. The summed E-state index contributed by atoms with van der Waals surface area (Å²) in [5.74, 6) is -0.486. The molecule has 2 saturated heterocycles. The molecule has 2 aliphatic rings. The van der Waals surface area contributed by atoms with Crippen molar-refractivity contribution in [2.75, 3.05) is 38.2 Å². The number of carbonyl (C=O) groups excluding carboxylic acids is 1. The zero-order chi connectivity index (χ0) is 25.6. The number of para-hydroxylation sites is 1. The van der Waals surface area contributed by atoms with E-state index in [4.69, 9.17) is 9.47 Å². The first kappa shape index (κ1) is 26.7. The van der Waals surface area contributed by atoms with Crippen LogP contribution < -0.4 is 10.0 Å². The fraction of sp³-hybridized carbons (Fsp3) is 0.458. The molecule has 2 fully saturated rings. The standard InChI is InChI=1S/C24H31N3O7S2/c28-24(26-19-6-2-1-3-7-19)18-27(17-21-9-5-15-34-21)36(31,32)23-12-10-22(11-13-23)35(29,30)25-16-20-8-4-14-33-20/h1-3,6-7,10-13,20-21,25H,4-5,8-9,14-18H2,(H,26,28)/t20-,21+/m0/s1. The fourth-order valence-corrected chi connectivity index (χ4v) is 6.67. The van der Waals surface area contributed by atoms with Crippen LogP contribution in [0, 0.1) is 0 Å². The van der Waals surface area contributed by atoms with Crippen molar-refractivity contribution in [3.63, 3.8) is 0 Å². The number of nitrogens with one attached hydrogen (secondary N) is 2. The second-order valence-corrected chi connectivity index (χ2v) is 12.5. The smallest absolute Gasteiger partial charge is 0.243 e. The molecule has 4 rings (SSSR count). The number of nitrogens with zero attached hydrogens (tertiary/aromatic N) is 1. The number of sulfonamides is 2. The third-order valence-corrected chi connectivity index (χ3v) is 9.37. The van der Waals surface area contributed by atoms with Gasteiger partial charge in [0.1, 0.15) is 0 Å². The maximum atomic E-state index is 13.5. The van der Waals surface area contributed by atoms with Crippen molar-refractivity contribution < 1.29 is 31.1 Å². The Labute approximate surface area is 212 Å². The molecule has 2 N–H and O–H groups in total. The van der Waals surface area contributed by atoms with E-state index < -0.39 is 32.5 Å². The topological polar surface area (TPSA) is 131 Å². The molecule has 2 heterocycles. The fourth-order valence-electron chi connectivity index (χ4n) is 4.18. The second kappa shape index (κ2) is 11.8. The van der Waals surface area contributed by atoms with Crippen molar-refractivity contribution in [1.29, 1.82) is 0 Å². The molecule has 0 radical (unpaired) electrons. The molecule has 2 aromatic rings. The Hall–Kier alpha value is -2.35. The Morgan fingerprint density at radius 1 is 0.861 bits per heavy atom. The van der Waals surface area contributed by atoms with Crippen molar-refractivity contribution in [1.82, 2.24) is 9.03 Å². The van der Waals surface area contributed by atoms with Crippen LogP contribution in [0.15, 0.2) is 64.4 Å². The van der Waals surface area contributed by atoms with E-state index in [1.54, 1.807) is 24.3 Å². The Balaban J connectivity index is 1.48. The Morgan fingerprint density at radius 3 is 2.08 bits per heavy atom. The first-order chi connectivity index (χ1) is 17.2. The molecule has 0 aromatic heterocycles. The van der Waals surface area contributed by atoms with Gasteiger partial charge in [0.05, 0.1) is 28.5 Å². The molecule has 2 aliphatic heterocycles. The van der Waals surface area contributed by atoms with E-state index in [9.17, 15) is 21.6 Å². The molecule has 2 aromatic carbocycles. The molecule has 0 saturated carbocycles. The molecule has 10 nitrogen and oxygen atoms in total. The molecule has 0 unspecified atom stereocenters. The molecular formula is C24H31N3O7S2. The summed E-state index contributed by atoms with van der Waals surface area (Å²) in [6.07, 6.45) is 2.72. The molecule has 2 atom stereocenters. The predicted octanol–water partition coefficient (Wildman–Crippen LogP) is 1.95. The maximum Gasteiger partial charge on any atom is 0.243 e. The number of amides is 1. The van der Waals surface area contributed by atoms with Gasteiger partial charge in [-0.05, 0) is 62.1 Å². The van der Waals surface area contributed by atoms with Gasteiger partial charge in [-0.15, -0.1) is 0 Å². The molecule has 0 aliphatic carbocycles. The van der Waals surface area contributed by atoms with Crippen LogP contribution in [0.25, 0.3) is 0 Å². The van der Waals surface area contributed by atoms with Crippen LogP contribution in [0.2, 0.25) is 0 Å². The lowest BCUT2D eigenvalue weighted by molar-refractivity contribution is -0.116. The monoisotopic (exact) mass is 537 g/mol. The van der Waals surface area contributed by atoms with Gasteiger partial charge in [-0.2, -0.15) is 4.31 Å². The normalized spacial score (nSPS) is 20.6. The highest BCUT2D eigenvalue weighted by Gasteiger charge is 2.31. The number of hydrogen-bond donors (Lipinski definition) is 2. The zero-order valence-electron chi connectivity index (χ0n) is 19.8. The van der Waals surface area contributed by atoms with Gasteiger partial charge in [0.15, 0.2) is 0 Å². The van der Waals surface area contributed by atoms with E-state index in [0.717, 1.165) is 23.6 Å². The van der Waals surface area contributed by atoms with Crippen LogP contribution in [0.4, 0.5) is 5.69 Å². The third kappa shape index (κ3) is 6.90. The molecule has 12 heteroatoms. The van der Waals surface area contributed by atoms with Crippen molar-refractivity contribution >= 4 is 31.6 Å². The highest BCUT2D eigenvalue weighted by atomic mass is 32.2. The summed E-state index contributed by atoms with van der Waals surface area (Å²) in [5, 5.41) is 2.70. The first-order valence-corrected chi connectivity index (χ1v) is 14.8. The van der Waals surface area contributed by atoms with Crippen molar-refractivity contribution in [3.8, 4) is 0 Å². The largest absolute Gasteiger partial charge is 0.377 e. The van der Waals surface area contributed by atoms with Gasteiger partial charge in [-0.1, -0.05) is 18.2 Å². The highest BCUT2D eigenvalue weighted by molar-refractivity contribution is 7.89. The summed E-state index contributed by atoms with van der Waals surface area (Å²) in [6, 6.07) is 13.8. The quantitative estimate of drug-likeness (QED) is 0.448. The SMILES string of the molecule is O=C(CN(C[C@H]1CCCO1)S(=O)(=O)c1ccc(S(=O)(=O)NC[C@@H]2CCCO2)cc1)Nc1ccccc1. The number of benzene rings is 2. The Morgan fingerprint density at radius 2 is 1.47 bits per heavy atom. The van der Waals surface area contributed by atoms with Gasteiger partial charge in [0.2, 0.25) is 26.0 Å². The maximum absolute atomic E-state index is 13.5. The van der Waals surface area contributed by atoms with Gasteiger partial charge in [-0.25, -0.2) is 21.6 Å². The summed E-state index contributed by atoms with van der Waals surface area (Å²) in [7, 11) is -7.93. The summed E-state index contributed by atoms with van der Waals surface area (Å²) in [4.78, 5) is 12.5. The van der Waals surface area contributed by atoms with Crippen LogP contribution in [-0.4, -0.2) is 72.1 Å². The van der Waals surface area contributed by atoms with Crippen molar-refractivity contribution in [2.24, 2.45) is 0 Å². The molecule has 0 spiro atoms. The minimum Gasteiger partial charge on any atom is -0.377 e. The van der Waals surface area contributed by atoms with Gasteiger partial charge < -0.3 is 14.8 Å². The van der Waals surface area contributed by atoms with E-state index in [-0.39, 0.29) is 35.1 Å². The number of rotatable bonds is 11. The summed E-state index contributed by atoms with van der Waals surface area (Å²) >= 11 is 0. The lowest BCUT2D eigenvalue weighted by Gasteiger charge is -2.24. The molecular weight excluding hydrogens is 506 g/mol. The third-order valence-electron chi connectivity index (χ3n) is 6.11. The van der Waals surface area contributed by atoms with Gasteiger partial charge in [0.25, 0.3) is 0 Å². The van der Waals surface area contributed by atoms with E-state index in [1.165, 1.54) is 24.3 Å². The van der Waals surface area contributed by atoms with Crippen LogP contribution >= 0.6 is 0 Å². The molecule has 196 valence electrons. The summed E-state index contributed by atoms with van der Waals surface area (Å²) in [5.41, 5.74) is 0.557. The zero-order valence-corrected chi connectivity index (χ0v) is 21.5. The lowest BCUT2D eigenvalue weighted by Crippen LogP contribution is -2.42. The van der Waals surface area contributed by atoms with Crippen molar-refractivity contribution in [3.05, 3.63) is 54.6 Å². The number of anilines is 1. The van der Waals surface area contributed by atoms with E-state index in [2.05, 4.69) is 10.0 Å². The predicted molar refractivity (Wildman–Crippen MR) is 133 cm³/mol. The lowest BCUT2D eigenvalue weighted by atomic mass is 10.2. The highest BCUT2D eigenvalue weighted by Crippen LogP contribution is 2.22. The second-order valence-electron chi connectivity index (χ2n) is 8.81. The first-order valence-electron chi connectivity index (χ1n) is 11.9. The average molecular weight is 538 g/mol. The Bertz CT molecular complexity index is 1220. The minimum atomic E-state index is -4.11. The van der Waals surface area contributed by atoms with Gasteiger partial charge in [-0.3, -0.25) is 4.79 Å². The average Bonchev–Trinajstić information content (AvgIpc) is 3.58. The van der Waals surface area contributed by atoms with Crippen molar-refractivity contribution in [2.45, 2.75) is 47.7 Å². The van der Waals surface area contributed by atoms with Crippen LogP contribution in [0.5, 0.6) is 0 Å². The molecule has 36 heavy (non-hydrogen) atoms.